The quantitative estimate of drug-likeness (QED) is 0.516. The summed E-state index contributed by atoms with van der Waals surface area (Å²) in [4.78, 5) is 13.1. The SMILES string of the molecule is O=c1c2ccc(S(=O)(=O)c3ccccc3)cc2cnn1Cc1ccn(CCO)n1. The van der Waals surface area contributed by atoms with E-state index in [1.165, 1.54) is 41.2 Å². The second-order valence-electron chi connectivity index (χ2n) is 6.47. The third-order valence-electron chi connectivity index (χ3n) is 4.52. The molecule has 0 aliphatic heterocycles. The lowest BCUT2D eigenvalue weighted by Crippen LogP contribution is -2.23. The van der Waals surface area contributed by atoms with Crippen LogP contribution in [-0.2, 0) is 22.9 Å². The number of benzene rings is 2. The fourth-order valence-electron chi connectivity index (χ4n) is 3.05. The van der Waals surface area contributed by atoms with E-state index in [4.69, 9.17) is 5.11 Å². The van der Waals surface area contributed by atoms with Gasteiger partial charge in [-0.2, -0.15) is 10.2 Å². The van der Waals surface area contributed by atoms with Crippen LogP contribution in [0.25, 0.3) is 10.8 Å². The highest BCUT2D eigenvalue weighted by molar-refractivity contribution is 7.91. The summed E-state index contributed by atoms with van der Waals surface area (Å²) in [5, 5.41) is 18.2. The lowest BCUT2D eigenvalue weighted by molar-refractivity contribution is 0.269. The second kappa shape index (κ2) is 7.61. The highest BCUT2D eigenvalue weighted by atomic mass is 32.2. The van der Waals surface area contributed by atoms with E-state index < -0.39 is 9.84 Å². The molecule has 2 heterocycles. The standard InChI is InChI=1S/C20H18N4O4S/c25-11-10-23-9-8-16(22-23)14-24-20(26)19-7-6-18(12-15(19)13-21-24)29(27,28)17-4-2-1-3-5-17/h1-9,12-13,25H,10-11,14H2. The van der Waals surface area contributed by atoms with Gasteiger partial charge in [0.25, 0.3) is 5.56 Å². The van der Waals surface area contributed by atoms with Crippen molar-refractivity contribution in [2.45, 2.75) is 22.9 Å². The molecule has 0 saturated heterocycles. The summed E-state index contributed by atoms with van der Waals surface area (Å²) in [6, 6.07) is 14.3. The third kappa shape index (κ3) is 3.69. The van der Waals surface area contributed by atoms with Gasteiger partial charge >= 0.3 is 0 Å². The Morgan fingerprint density at radius 2 is 1.79 bits per heavy atom. The average Bonchev–Trinajstić information content (AvgIpc) is 3.18. The first kappa shape index (κ1) is 19.0. The van der Waals surface area contributed by atoms with E-state index in [1.807, 2.05) is 0 Å². The number of nitrogens with zero attached hydrogens (tertiary/aromatic N) is 4. The van der Waals surface area contributed by atoms with Gasteiger partial charge in [-0.15, -0.1) is 0 Å². The van der Waals surface area contributed by atoms with Gasteiger partial charge < -0.3 is 5.11 Å². The van der Waals surface area contributed by atoms with E-state index in [0.717, 1.165) is 0 Å². The molecule has 1 N–H and O–H groups in total. The van der Waals surface area contributed by atoms with Gasteiger partial charge in [0.05, 0.1) is 46.8 Å². The van der Waals surface area contributed by atoms with Crippen LogP contribution in [0.5, 0.6) is 0 Å². The van der Waals surface area contributed by atoms with Gasteiger partial charge in [0.1, 0.15) is 0 Å². The monoisotopic (exact) mass is 410 g/mol. The molecule has 0 unspecified atom stereocenters. The van der Waals surface area contributed by atoms with Crippen LogP contribution in [-0.4, -0.2) is 39.7 Å². The van der Waals surface area contributed by atoms with Crippen molar-refractivity contribution in [2.24, 2.45) is 0 Å². The predicted octanol–water partition coefficient (Wildman–Crippen LogP) is 1.47. The topological polar surface area (TPSA) is 107 Å². The summed E-state index contributed by atoms with van der Waals surface area (Å²) in [6.07, 6.45) is 3.20. The maximum absolute atomic E-state index is 12.8. The van der Waals surface area contributed by atoms with Crippen LogP contribution in [0.15, 0.2) is 81.6 Å². The number of aliphatic hydroxyl groups excluding tert-OH is 1. The summed E-state index contributed by atoms with van der Waals surface area (Å²) in [7, 11) is -3.67. The summed E-state index contributed by atoms with van der Waals surface area (Å²) in [5.41, 5.74) is 0.304. The van der Waals surface area contributed by atoms with Crippen molar-refractivity contribution < 1.29 is 13.5 Å². The number of sulfone groups is 1. The molecular formula is C20H18N4O4S. The Balaban J connectivity index is 1.69. The minimum Gasteiger partial charge on any atom is -0.394 e. The molecule has 0 aliphatic carbocycles. The number of rotatable bonds is 6. The Bertz CT molecular complexity index is 1330. The minimum atomic E-state index is -3.67. The Labute approximate surface area is 166 Å². The Morgan fingerprint density at radius 1 is 1.00 bits per heavy atom. The van der Waals surface area contributed by atoms with Gasteiger partial charge in [-0.1, -0.05) is 18.2 Å². The number of fused-ring (bicyclic) bond motifs is 1. The van der Waals surface area contributed by atoms with Crippen LogP contribution in [0.3, 0.4) is 0 Å². The molecule has 4 aromatic rings. The molecule has 0 spiro atoms. The van der Waals surface area contributed by atoms with Crippen molar-refractivity contribution in [2.75, 3.05) is 6.61 Å². The van der Waals surface area contributed by atoms with Gasteiger partial charge in [-0.05, 0) is 36.4 Å². The van der Waals surface area contributed by atoms with Crippen molar-refractivity contribution >= 4 is 20.6 Å². The molecular weight excluding hydrogens is 392 g/mol. The maximum Gasteiger partial charge on any atom is 0.274 e. The zero-order chi connectivity index (χ0) is 20.4. The molecule has 2 aromatic heterocycles. The van der Waals surface area contributed by atoms with E-state index >= 15 is 0 Å². The van der Waals surface area contributed by atoms with E-state index in [9.17, 15) is 13.2 Å². The van der Waals surface area contributed by atoms with Crippen LogP contribution >= 0.6 is 0 Å². The van der Waals surface area contributed by atoms with Crippen LogP contribution in [0.2, 0.25) is 0 Å². The van der Waals surface area contributed by atoms with Gasteiger partial charge in [-0.3, -0.25) is 9.48 Å². The van der Waals surface area contributed by atoms with Gasteiger partial charge in [0.15, 0.2) is 0 Å². The predicted molar refractivity (Wildman–Crippen MR) is 106 cm³/mol. The fraction of sp³-hybridized carbons (Fsp3) is 0.150. The smallest absolute Gasteiger partial charge is 0.274 e. The van der Waals surface area contributed by atoms with Crippen LogP contribution in [0, 0.1) is 0 Å². The van der Waals surface area contributed by atoms with Gasteiger partial charge in [0.2, 0.25) is 9.84 Å². The van der Waals surface area contributed by atoms with Crippen molar-refractivity contribution in [3.05, 3.63) is 83.0 Å². The molecule has 0 atom stereocenters. The van der Waals surface area contributed by atoms with Crippen LogP contribution in [0.1, 0.15) is 5.69 Å². The molecule has 4 rings (SSSR count). The Hall–Kier alpha value is -3.30. The van der Waals surface area contributed by atoms with Crippen molar-refractivity contribution in [1.82, 2.24) is 19.6 Å². The highest BCUT2D eigenvalue weighted by Gasteiger charge is 2.18. The van der Waals surface area contributed by atoms with E-state index in [2.05, 4.69) is 10.2 Å². The summed E-state index contributed by atoms with van der Waals surface area (Å²) >= 11 is 0. The van der Waals surface area contributed by atoms with E-state index in [0.29, 0.717) is 23.0 Å². The summed E-state index contributed by atoms with van der Waals surface area (Å²) in [6.45, 7) is 0.527. The first-order valence-corrected chi connectivity index (χ1v) is 10.4. The molecule has 0 aliphatic rings. The van der Waals surface area contributed by atoms with Crippen LogP contribution < -0.4 is 5.56 Å². The normalized spacial score (nSPS) is 11.8. The number of hydrogen-bond acceptors (Lipinski definition) is 6. The molecule has 0 amide bonds. The molecule has 0 saturated carbocycles. The zero-order valence-electron chi connectivity index (χ0n) is 15.3. The number of aliphatic hydroxyl groups is 1. The van der Waals surface area contributed by atoms with Crippen molar-refractivity contribution in [3.63, 3.8) is 0 Å². The highest BCUT2D eigenvalue weighted by Crippen LogP contribution is 2.23. The largest absolute Gasteiger partial charge is 0.394 e. The van der Waals surface area contributed by atoms with Crippen LogP contribution in [0.4, 0.5) is 0 Å². The van der Waals surface area contributed by atoms with Crippen molar-refractivity contribution in [3.8, 4) is 0 Å². The van der Waals surface area contributed by atoms with E-state index in [-0.39, 0.29) is 28.5 Å². The molecule has 148 valence electrons. The molecule has 0 fully saturated rings. The third-order valence-corrected chi connectivity index (χ3v) is 6.29. The molecule has 0 radical (unpaired) electrons. The van der Waals surface area contributed by atoms with Gasteiger partial charge in [-0.25, -0.2) is 13.1 Å². The lowest BCUT2D eigenvalue weighted by atomic mass is 10.2. The summed E-state index contributed by atoms with van der Waals surface area (Å²) < 4.78 is 28.5. The Morgan fingerprint density at radius 3 is 2.55 bits per heavy atom. The second-order valence-corrected chi connectivity index (χ2v) is 8.42. The fourth-order valence-corrected chi connectivity index (χ4v) is 4.37. The van der Waals surface area contributed by atoms with E-state index in [1.54, 1.807) is 35.1 Å². The Kier molecular flexibility index (Phi) is 4.99. The molecule has 29 heavy (non-hydrogen) atoms. The molecule has 8 nitrogen and oxygen atoms in total. The first-order valence-electron chi connectivity index (χ1n) is 8.92. The lowest BCUT2D eigenvalue weighted by Gasteiger charge is -2.08. The number of hydrogen-bond donors (Lipinski definition) is 1. The van der Waals surface area contributed by atoms with Gasteiger partial charge in [0, 0.05) is 11.6 Å². The van der Waals surface area contributed by atoms with Crippen molar-refractivity contribution in [1.29, 1.82) is 0 Å². The molecule has 0 bridgehead atoms. The molecule has 2 aromatic carbocycles. The molecule has 9 heteroatoms. The summed E-state index contributed by atoms with van der Waals surface area (Å²) in [5.74, 6) is 0. The number of aromatic nitrogens is 4. The zero-order valence-corrected chi connectivity index (χ0v) is 16.2. The first-order chi connectivity index (χ1) is 14.0. The average molecular weight is 410 g/mol. The minimum absolute atomic E-state index is 0.0243. The maximum atomic E-state index is 12.8.